The number of ketones is 4. The van der Waals surface area contributed by atoms with Crippen LogP contribution in [0.15, 0.2) is 46.9 Å². The monoisotopic (exact) mass is 538 g/mol. The fourth-order valence-corrected chi connectivity index (χ4v) is 6.18. The van der Waals surface area contributed by atoms with E-state index >= 15 is 0 Å². The van der Waals surface area contributed by atoms with Crippen LogP contribution in [0.4, 0.5) is 0 Å². The molecule has 5 N–H and O–H groups in total. The molecule has 1 atom stereocenters. The molecule has 200 valence electrons. The number of H-pyrrole nitrogens is 1. The highest BCUT2D eigenvalue weighted by Gasteiger charge is 2.61. The molecule has 1 aromatic heterocycles. The van der Waals surface area contributed by atoms with Gasteiger partial charge in [-0.2, -0.15) is 0 Å². The standard InChI is InChI=1S/C30H22N2O8/c1-3-4-5-6-14-10-13-9-12-7-8-30(22(12)26(37)17(13)29(40)32-14)27(38)20-21(28(30)39)25(36)19-18(24(20)35)16(33)11-15(31-2)23(19)34/h3-6,9-11,31,35-37H,7-8H2,1-2H3,(H,32,40)/b4-3+,6-5+/t30-/m0/s1. The van der Waals surface area contributed by atoms with Gasteiger partial charge in [0.05, 0.1) is 33.3 Å². The van der Waals surface area contributed by atoms with Crippen LogP contribution in [-0.2, 0) is 11.8 Å². The number of carbonyl (C=O) groups excluding carboxylic acids is 4. The Balaban J connectivity index is 1.59. The maximum absolute atomic E-state index is 14.0. The molecule has 6 rings (SSSR count). The fraction of sp³-hybridized carbons (Fsp3) is 0.167. The number of aromatic nitrogens is 1. The lowest BCUT2D eigenvalue weighted by Crippen LogP contribution is -2.36. The first-order valence-corrected chi connectivity index (χ1v) is 12.5. The van der Waals surface area contributed by atoms with Gasteiger partial charge in [-0.25, -0.2) is 0 Å². The van der Waals surface area contributed by atoms with Crippen molar-refractivity contribution in [2.75, 3.05) is 7.05 Å². The maximum atomic E-state index is 14.0. The predicted octanol–water partition coefficient (Wildman–Crippen LogP) is 2.98. The molecule has 0 radical (unpaired) electrons. The number of aromatic hydroxyl groups is 3. The largest absolute Gasteiger partial charge is 0.507 e. The highest BCUT2D eigenvalue weighted by atomic mass is 16.3. The molecule has 0 saturated carbocycles. The first kappa shape index (κ1) is 25.1. The van der Waals surface area contributed by atoms with Gasteiger partial charge in [0, 0.05) is 24.4 Å². The van der Waals surface area contributed by atoms with Crippen molar-refractivity contribution >= 4 is 40.0 Å². The first-order valence-electron chi connectivity index (χ1n) is 12.5. The van der Waals surface area contributed by atoms with Gasteiger partial charge in [-0.05, 0) is 42.9 Å². The summed E-state index contributed by atoms with van der Waals surface area (Å²) >= 11 is 0. The summed E-state index contributed by atoms with van der Waals surface area (Å²) in [5.41, 5.74) is -4.35. The summed E-state index contributed by atoms with van der Waals surface area (Å²) < 4.78 is 0. The van der Waals surface area contributed by atoms with E-state index in [1.807, 2.05) is 13.0 Å². The number of hydrogen-bond donors (Lipinski definition) is 5. The Morgan fingerprint density at radius 3 is 2.23 bits per heavy atom. The molecule has 0 bridgehead atoms. The minimum atomic E-state index is -2.06. The van der Waals surface area contributed by atoms with Crippen LogP contribution in [0.3, 0.4) is 0 Å². The molecule has 3 aliphatic carbocycles. The zero-order valence-corrected chi connectivity index (χ0v) is 21.3. The molecule has 0 fully saturated rings. The quantitative estimate of drug-likeness (QED) is 0.191. The zero-order valence-electron chi connectivity index (χ0n) is 21.3. The number of nitrogens with one attached hydrogen (secondary N) is 2. The van der Waals surface area contributed by atoms with E-state index in [0.29, 0.717) is 16.6 Å². The summed E-state index contributed by atoms with van der Waals surface area (Å²) in [4.78, 5) is 69.5. The second-order valence-electron chi connectivity index (χ2n) is 9.92. The van der Waals surface area contributed by atoms with E-state index in [2.05, 4.69) is 10.3 Å². The topological polar surface area (TPSA) is 174 Å². The summed E-state index contributed by atoms with van der Waals surface area (Å²) in [6.45, 7) is 1.84. The number of aryl methyl sites for hydroxylation is 1. The Morgan fingerprint density at radius 2 is 1.57 bits per heavy atom. The average Bonchev–Trinajstić information content (AvgIpc) is 3.40. The van der Waals surface area contributed by atoms with Crippen LogP contribution >= 0.6 is 0 Å². The van der Waals surface area contributed by atoms with Crippen molar-refractivity contribution < 1.29 is 34.5 Å². The number of phenols is 3. The Morgan fingerprint density at radius 1 is 0.900 bits per heavy atom. The number of carbonyl (C=O) groups is 4. The second kappa shape index (κ2) is 8.37. The number of rotatable bonds is 3. The lowest BCUT2D eigenvalue weighted by Gasteiger charge is -2.22. The van der Waals surface area contributed by atoms with E-state index < -0.39 is 73.6 Å². The molecule has 0 saturated heterocycles. The third kappa shape index (κ3) is 2.95. The van der Waals surface area contributed by atoms with Gasteiger partial charge in [-0.1, -0.05) is 24.3 Å². The normalized spacial score (nSPS) is 19.7. The van der Waals surface area contributed by atoms with Crippen LogP contribution in [0, 0.1) is 0 Å². The van der Waals surface area contributed by atoms with Gasteiger partial charge < -0.3 is 25.6 Å². The highest BCUT2D eigenvalue weighted by Crippen LogP contribution is 2.57. The zero-order chi connectivity index (χ0) is 28.7. The molecular formula is C30H22N2O8. The van der Waals surface area contributed by atoms with Crippen molar-refractivity contribution in [2.45, 2.75) is 25.2 Å². The van der Waals surface area contributed by atoms with Crippen molar-refractivity contribution in [3.8, 4) is 17.2 Å². The minimum Gasteiger partial charge on any atom is -0.507 e. The third-order valence-corrected chi connectivity index (χ3v) is 7.92. The SMILES string of the molecule is C/C=C/C=C/c1cc2cc3c(c(O)c2c(=O)[nH]1)[C@@]1(CC3)C(=O)c2c(O)c3c(c(O)c2C1=O)C(=O)C(NC)=CC3=O. The number of allylic oxidation sites excluding steroid dienone is 5. The molecule has 0 aliphatic heterocycles. The Bertz CT molecular complexity index is 1920. The van der Waals surface area contributed by atoms with E-state index in [9.17, 15) is 39.3 Å². The Hall–Kier alpha value is -5.25. The summed E-state index contributed by atoms with van der Waals surface area (Å²) in [6, 6.07) is 3.29. The maximum Gasteiger partial charge on any atom is 0.260 e. The number of pyridine rings is 1. The summed E-state index contributed by atoms with van der Waals surface area (Å²) in [5, 5.41) is 36.4. The molecule has 3 aromatic rings. The summed E-state index contributed by atoms with van der Waals surface area (Å²) in [5.74, 6) is -5.85. The fourth-order valence-electron chi connectivity index (χ4n) is 6.18. The van der Waals surface area contributed by atoms with Crippen LogP contribution in [0.1, 0.15) is 71.6 Å². The van der Waals surface area contributed by atoms with Crippen LogP contribution in [0.5, 0.6) is 17.2 Å². The molecular weight excluding hydrogens is 516 g/mol. The van der Waals surface area contributed by atoms with Gasteiger partial charge in [0.25, 0.3) is 5.56 Å². The molecule has 3 aliphatic rings. The van der Waals surface area contributed by atoms with Crippen molar-refractivity contribution in [1.82, 2.24) is 10.3 Å². The van der Waals surface area contributed by atoms with E-state index in [0.717, 1.165) is 6.08 Å². The van der Waals surface area contributed by atoms with Gasteiger partial charge >= 0.3 is 0 Å². The van der Waals surface area contributed by atoms with Crippen LogP contribution in [-0.4, -0.2) is 50.5 Å². The molecule has 10 nitrogen and oxygen atoms in total. The van der Waals surface area contributed by atoms with Crippen molar-refractivity contribution in [2.24, 2.45) is 0 Å². The van der Waals surface area contributed by atoms with Crippen LogP contribution in [0.25, 0.3) is 16.8 Å². The lowest BCUT2D eigenvalue weighted by atomic mass is 9.76. The Labute approximate surface area is 226 Å². The highest BCUT2D eigenvalue weighted by molar-refractivity contribution is 6.39. The van der Waals surface area contributed by atoms with Gasteiger partial charge in [0.1, 0.15) is 22.7 Å². The van der Waals surface area contributed by atoms with Crippen molar-refractivity contribution in [3.05, 3.63) is 91.6 Å². The molecule has 10 heteroatoms. The van der Waals surface area contributed by atoms with E-state index in [4.69, 9.17) is 0 Å². The van der Waals surface area contributed by atoms with Gasteiger partial charge in [-0.15, -0.1) is 0 Å². The minimum absolute atomic E-state index is 0.0858. The number of benzene rings is 2. The number of Topliss-reactive ketones (excluding diaryl/α,β-unsaturated/α-hetero) is 3. The van der Waals surface area contributed by atoms with Crippen LogP contribution in [0.2, 0.25) is 0 Å². The number of phenolic OH excluding ortho intramolecular Hbond substituents is 3. The number of likely N-dealkylation sites (N-methyl/N-ethyl adjacent to an activating group) is 1. The molecule has 0 amide bonds. The molecule has 1 spiro atoms. The van der Waals surface area contributed by atoms with Crippen LogP contribution < -0.4 is 10.9 Å². The number of hydrogen-bond acceptors (Lipinski definition) is 9. The predicted molar refractivity (Wildman–Crippen MR) is 144 cm³/mol. The first-order chi connectivity index (χ1) is 19.1. The second-order valence-corrected chi connectivity index (χ2v) is 9.92. The van der Waals surface area contributed by atoms with E-state index in [-0.39, 0.29) is 29.5 Å². The molecule has 0 unspecified atom stereocenters. The average molecular weight is 539 g/mol. The summed E-state index contributed by atoms with van der Waals surface area (Å²) in [6.07, 6.45) is 7.99. The van der Waals surface area contributed by atoms with Gasteiger partial charge in [0.2, 0.25) is 5.78 Å². The van der Waals surface area contributed by atoms with Gasteiger partial charge in [0.15, 0.2) is 17.3 Å². The molecule has 40 heavy (non-hydrogen) atoms. The summed E-state index contributed by atoms with van der Waals surface area (Å²) in [7, 11) is 1.39. The smallest absolute Gasteiger partial charge is 0.260 e. The number of fused-ring (bicyclic) bond motifs is 5. The third-order valence-electron chi connectivity index (χ3n) is 7.92. The van der Waals surface area contributed by atoms with Gasteiger partial charge in [-0.3, -0.25) is 24.0 Å². The molecule has 2 aromatic carbocycles. The lowest BCUT2D eigenvalue weighted by molar-refractivity contribution is 0.0790. The van der Waals surface area contributed by atoms with Crippen molar-refractivity contribution in [3.63, 3.8) is 0 Å². The Kier molecular flexibility index (Phi) is 5.24. The van der Waals surface area contributed by atoms with Crippen molar-refractivity contribution in [1.29, 1.82) is 0 Å². The molecule has 1 heterocycles. The van der Waals surface area contributed by atoms with E-state index in [1.165, 1.54) is 7.05 Å². The van der Waals surface area contributed by atoms with E-state index in [1.54, 1.807) is 30.4 Å². The number of aromatic amines is 1.